The average molecular weight is 423 g/mol. The van der Waals surface area contributed by atoms with Gasteiger partial charge in [0.15, 0.2) is 0 Å². The zero-order valence-electron chi connectivity index (χ0n) is 17.6. The molecule has 3 aromatic heterocycles. The molecule has 0 saturated heterocycles. The molecule has 3 heterocycles. The van der Waals surface area contributed by atoms with Crippen LogP contribution in [0.2, 0.25) is 0 Å². The molecule has 0 bridgehead atoms. The Balaban J connectivity index is 1.45. The quantitative estimate of drug-likeness (QED) is 0.415. The lowest BCUT2D eigenvalue weighted by molar-refractivity contribution is 0.0952. The minimum atomic E-state index is -0.333. The molecule has 4 aromatic rings. The zero-order valence-corrected chi connectivity index (χ0v) is 17.6. The Kier molecular flexibility index (Phi) is 6.13. The van der Waals surface area contributed by atoms with Crippen molar-refractivity contribution < 1.29 is 13.9 Å². The van der Waals surface area contributed by atoms with Gasteiger partial charge in [-0.1, -0.05) is 12.1 Å². The molecule has 1 aromatic carbocycles. The number of nitrogens with one attached hydrogen (secondary N) is 1. The molecule has 4 rings (SSSR count). The highest BCUT2D eigenvalue weighted by Gasteiger charge is 2.22. The SMILES string of the molecule is COCCCn1cnc2oc(C)c(C(=O)NCCCn3cnc4ccccc43)c2c1=O. The van der Waals surface area contributed by atoms with Gasteiger partial charge in [-0.25, -0.2) is 9.97 Å². The normalized spacial score (nSPS) is 11.4. The molecule has 0 atom stereocenters. The van der Waals surface area contributed by atoms with Crippen LogP contribution < -0.4 is 10.9 Å². The van der Waals surface area contributed by atoms with Gasteiger partial charge in [0.05, 0.1) is 22.9 Å². The Morgan fingerprint density at radius 3 is 2.74 bits per heavy atom. The van der Waals surface area contributed by atoms with Crippen molar-refractivity contribution in [2.45, 2.75) is 32.9 Å². The molecule has 0 saturated carbocycles. The highest BCUT2D eigenvalue weighted by Crippen LogP contribution is 2.21. The number of amides is 1. The minimum absolute atomic E-state index is 0.181. The number of rotatable bonds is 9. The van der Waals surface area contributed by atoms with Gasteiger partial charge in [0.1, 0.15) is 17.5 Å². The van der Waals surface area contributed by atoms with Crippen molar-refractivity contribution in [2.24, 2.45) is 0 Å². The standard InChI is InChI=1S/C22H25N5O4/c1-15-18(19-21(31-15)25-14-27(22(19)29)11-6-12-30-2)20(28)23-9-5-10-26-13-24-16-7-3-4-8-17(16)26/h3-4,7-8,13-14H,5-6,9-12H2,1-2H3,(H,23,28). The van der Waals surface area contributed by atoms with Crippen LogP contribution in [0.5, 0.6) is 0 Å². The Labute approximate surface area is 178 Å². The summed E-state index contributed by atoms with van der Waals surface area (Å²) in [7, 11) is 1.61. The van der Waals surface area contributed by atoms with Gasteiger partial charge in [0, 0.05) is 33.4 Å². The summed E-state index contributed by atoms with van der Waals surface area (Å²) in [6, 6.07) is 7.92. The van der Waals surface area contributed by atoms with Crippen molar-refractivity contribution in [2.75, 3.05) is 20.3 Å². The van der Waals surface area contributed by atoms with Crippen molar-refractivity contribution in [3.8, 4) is 0 Å². The van der Waals surface area contributed by atoms with Gasteiger partial charge in [-0.15, -0.1) is 0 Å². The van der Waals surface area contributed by atoms with Gasteiger partial charge in [-0.2, -0.15) is 0 Å². The van der Waals surface area contributed by atoms with E-state index in [1.807, 2.05) is 24.3 Å². The topological polar surface area (TPSA) is 104 Å². The van der Waals surface area contributed by atoms with E-state index in [9.17, 15) is 9.59 Å². The number of methoxy groups -OCH3 is 1. The number of ether oxygens (including phenoxy) is 1. The summed E-state index contributed by atoms with van der Waals surface area (Å²) in [6.45, 7) is 3.84. The molecule has 1 amide bonds. The van der Waals surface area contributed by atoms with Gasteiger partial charge in [0.2, 0.25) is 5.71 Å². The zero-order chi connectivity index (χ0) is 21.8. The van der Waals surface area contributed by atoms with E-state index in [2.05, 4.69) is 19.9 Å². The third kappa shape index (κ3) is 4.22. The van der Waals surface area contributed by atoms with Crippen molar-refractivity contribution in [1.82, 2.24) is 24.4 Å². The van der Waals surface area contributed by atoms with E-state index in [-0.39, 0.29) is 28.1 Å². The summed E-state index contributed by atoms with van der Waals surface area (Å²) in [5.41, 5.74) is 2.15. The fraction of sp³-hybridized carbons (Fsp3) is 0.364. The molecule has 1 N–H and O–H groups in total. The minimum Gasteiger partial charge on any atom is -0.442 e. The lowest BCUT2D eigenvalue weighted by Crippen LogP contribution is -2.28. The van der Waals surface area contributed by atoms with Crippen LogP contribution in [-0.2, 0) is 17.8 Å². The smallest absolute Gasteiger partial charge is 0.265 e. The largest absolute Gasteiger partial charge is 0.442 e. The molecular formula is C22H25N5O4. The van der Waals surface area contributed by atoms with E-state index in [4.69, 9.17) is 9.15 Å². The lowest BCUT2D eigenvalue weighted by Gasteiger charge is -2.07. The molecule has 0 radical (unpaired) electrons. The number of fused-ring (bicyclic) bond motifs is 2. The number of carbonyl (C=O) groups is 1. The van der Waals surface area contributed by atoms with Crippen LogP contribution in [0, 0.1) is 6.92 Å². The van der Waals surface area contributed by atoms with Crippen LogP contribution in [0.3, 0.4) is 0 Å². The van der Waals surface area contributed by atoms with E-state index in [1.54, 1.807) is 20.4 Å². The number of para-hydroxylation sites is 2. The highest BCUT2D eigenvalue weighted by atomic mass is 16.5. The Bertz CT molecular complexity index is 1270. The monoisotopic (exact) mass is 423 g/mol. The summed E-state index contributed by atoms with van der Waals surface area (Å²) in [5, 5.41) is 3.12. The van der Waals surface area contributed by atoms with Crippen molar-refractivity contribution >= 4 is 28.0 Å². The molecule has 162 valence electrons. The molecule has 0 fully saturated rings. The van der Waals surface area contributed by atoms with Gasteiger partial charge >= 0.3 is 0 Å². The number of furan rings is 1. The van der Waals surface area contributed by atoms with E-state index in [0.29, 0.717) is 31.9 Å². The van der Waals surface area contributed by atoms with Crippen molar-refractivity contribution in [3.63, 3.8) is 0 Å². The molecule has 0 spiro atoms. The number of aryl methyl sites for hydroxylation is 3. The molecule has 31 heavy (non-hydrogen) atoms. The first kappa shape index (κ1) is 20.8. The second kappa shape index (κ2) is 9.13. The predicted molar refractivity (Wildman–Crippen MR) is 116 cm³/mol. The molecule has 0 aliphatic heterocycles. The second-order valence-electron chi connectivity index (χ2n) is 7.34. The van der Waals surface area contributed by atoms with E-state index >= 15 is 0 Å². The van der Waals surface area contributed by atoms with Crippen LogP contribution in [0.4, 0.5) is 0 Å². The van der Waals surface area contributed by atoms with Gasteiger partial charge in [0.25, 0.3) is 11.5 Å². The third-order valence-electron chi connectivity index (χ3n) is 5.22. The van der Waals surface area contributed by atoms with Crippen LogP contribution in [0.15, 0.2) is 46.1 Å². The molecule has 9 nitrogen and oxygen atoms in total. The maximum absolute atomic E-state index is 12.9. The molecule has 0 unspecified atom stereocenters. The van der Waals surface area contributed by atoms with Crippen LogP contribution >= 0.6 is 0 Å². The first-order valence-electron chi connectivity index (χ1n) is 10.3. The van der Waals surface area contributed by atoms with Crippen LogP contribution in [0.1, 0.15) is 29.0 Å². The van der Waals surface area contributed by atoms with Gasteiger partial charge in [-0.05, 0) is 31.9 Å². The summed E-state index contributed by atoms with van der Waals surface area (Å²) >= 11 is 0. The Morgan fingerprint density at radius 1 is 1.13 bits per heavy atom. The Hall–Kier alpha value is -3.46. The van der Waals surface area contributed by atoms with Gasteiger partial charge < -0.3 is 19.0 Å². The maximum atomic E-state index is 12.9. The van der Waals surface area contributed by atoms with Crippen molar-refractivity contribution in [1.29, 1.82) is 0 Å². The fourth-order valence-corrected chi connectivity index (χ4v) is 3.68. The van der Waals surface area contributed by atoms with Crippen molar-refractivity contribution in [3.05, 3.63) is 58.6 Å². The summed E-state index contributed by atoms with van der Waals surface area (Å²) < 4.78 is 14.2. The molecule has 9 heteroatoms. The summed E-state index contributed by atoms with van der Waals surface area (Å²) in [4.78, 5) is 34.3. The molecule has 0 aliphatic carbocycles. The number of aromatic nitrogens is 4. The molecule has 0 aliphatic rings. The summed E-state index contributed by atoms with van der Waals surface area (Å²) in [5.74, 6) is 0.0487. The fourth-order valence-electron chi connectivity index (χ4n) is 3.68. The lowest BCUT2D eigenvalue weighted by atomic mass is 10.1. The number of imidazole rings is 1. The van der Waals surface area contributed by atoms with Crippen LogP contribution in [0.25, 0.3) is 22.1 Å². The molecular weight excluding hydrogens is 398 g/mol. The number of hydrogen-bond donors (Lipinski definition) is 1. The van der Waals surface area contributed by atoms with Crippen LogP contribution in [-0.4, -0.2) is 45.3 Å². The first-order valence-corrected chi connectivity index (χ1v) is 10.3. The maximum Gasteiger partial charge on any atom is 0.265 e. The third-order valence-corrected chi connectivity index (χ3v) is 5.22. The number of carbonyl (C=O) groups excluding carboxylic acids is 1. The number of benzene rings is 1. The van der Waals surface area contributed by atoms with E-state index in [1.165, 1.54) is 10.9 Å². The first-order chi connectivity index (χ1) is 15.1. The number of hydrogen-bond acceptors (Lipinski definition) is 6. The second-order valence-corrected chi connectivity index (χ2v) is 7.34. The number of nitrogens with zero attached hydrogens (tertiary/aromatic N) is 4. The summed E-state index contributed by atoms with van der Waals surface area (Å²) in [6.07, 6.45) is 4.64. The highest BCUT2D eigenvalue weighted by molar-refractivity contribution is 6.06. The van der Waals surface area contributed by atoms with E-state index in [0.717, 1.165) is 24.0 Å². The predicted octanol–water partition coefficient (Wildman–Crippen LogP) is 2.50. The van der Waals surface area contributed by atoms with E-state index < -0.39 is 0 Å². The Morgan fingerprint density at radius 2 is 1.90 bits per heavy atom. The van der Waals surface area contributed by atoms with Gasteiger partial charge in [-0.3, -0.25) is 14.2 Å². The average Bonchev–Trinajstić information content (AvgIpc) is 3.33.